The van der Waals surface area contributed by atoms with Crippen molar-refractivity contribution >= 4 is 16.8 Å². The predicted octanol–water partition coefficient (Wildman–Crippen LogP) is 2.02. The number of hydrogen-bond donors (Lipinski definition) is 2. The highest BCUT2D eigenvalue weighted by Gasteiger charge is 2.30. The highest BCUT2D eigenvalue weighted by Crippen LogP contribution is 2.23. The van der Waals surface area contributed by atoms with Crippen molar-refractivity contribution in [3.63, 3.8) is 0 Å². The molecule has 1 unspecified atom stereocenters. The molecular formula is C17H19N5O. The summed E-state index contributed by atoms with van der Waals surface area (Å²) in [6.07, 6.45) is 5.47. The number of nitrogens with zero attached hydrogens (tertiary/aromatic N) is 3. The number of carbonyl (C=O) groups is 1. The maximum Gasteiger partial charge on any atom is 0.253 e. The molecule has 3 heterocycles. The Bertz CT molecular complexity index is 823. The molecule has 1 aromatic carbocycles. The predicted molar refractivity (Wildman–Crippen MR) is 88.2 cm³/mol. The molecule has 2 N–H and O–H groups in total. The van der Waals surface area contributed by atoms with Crippen molar-refractivity contribution in [2.45, 2.75) is 6.04 Å². The van der Waals surface area contributed by atoms with Gasteiger partial charge in [-0.25, -0.2) is 4.98 Å². The summed E-state index contributed by atoms with van der Waals surface area (Å²) < 4.78 is 0. The highest BCUT2D eigenvalue weighted by atomic mass is 16.2. The summed E-state index contributed by atoms with van der Waals surface area (Å²) in [6, 6.07) is 7.90. The Morgan fingerprint density at radius 3 is 2.96 bits per heavy atom. The Labute approximate surface area is 134 Å². The van der Waals surface area contributed by atoms with E-state index in [9.17, 15) is 4.79 Å². The van der Waals surface area contributed by atoms with Crippen LogP contribution in [0.5, 0.6) is 0 Å². The monoisotopic (exact) mass is 309 g/mol. The number of H-pyrrole nitrogens is 2. The normalized spacial score (nSPS) is 19.3. The Morgan fingerprint density at radius 2 is 2.13 bits per heavy atom. The molecule has 2 aromatic heterocycles. The van der Waals surface area contributed by atoms with E-state index in [0.29, 0.717) is 6.54 Å². The molecule has 23 heavy (non-hydrogen) atoms. The lowest BCUT2D eigenvalue weighted by molar-refractivity contribution is 0.0534. The van der Waals surface area contributed by atoms with Crippen LogP contribution >= 0.6 is 0 Å². The van der Waals surface area contributed by atoms with Gasteiger partial charge in [-0.15, -0.1) is 0 Å². The number of aromatic amines is 2. The number of rotatable bonds is 2. The van der Waals surface area contributed by atoms with Gasteiger partial charge in [-0.1, -0.05) is 0 Å². The second-order valence-corrected chi connectivity index (χ2v) is 6.00. The summed E-state index contributed by atoms with van der Waals surface area (Å²) in [6.45, 7) is 2.22. The van der Waals surface area contributed by atoms with Crippen molar-refractivity contribution in [1.82, 2.24) is 24.8 Å². The summed E-state index contributed by atoms with van der Waals surface area (Å²) in [7, 11) is 2.07. The third kappa shape index (κ3) is 2.51. The zero-order valence-electron chi connectivity index (χ0n) is 13.0. The van der Waals surface area contributed by atoms with Crippen LogP contribution in [0.15, 0.2) is 42.9 Å². The molecule has 0 saturated carbocycles. The van der Waals surface area contributed by atoms with E-state index in [1.54, 1.807) is 6.20 Å². The van der Waals surface area contributed by atoms with Crippen LogP contribution < -0.4 is 0 Å². The van der Waals surface area contributed by atoms with E-state index in [4.69, 9.17) is 0 Å². The van der Waals surface area contributed by atoms with Gasteiger partial charge in [-0.3, -0.25) is 9.69 Å². The van der Waals surface area contributed by atoms with Crippen LogP contribution in [0.2, 0.25) is 0 Å². The number of likely N-dealkylation sites (N-methyl/N-ethyl adjacent to an activating group) is 1. The van der Waals surface area contributed by atoms with Crippen LogP contribution in [0.4, 0.5) is 0 Å². The van der Waals surface area contributed by atoms with Gasteiger partial charge in [0.25, 0.3) is 5.91 Å². The molecule has 4 rings (SSSR count). The molecule has 1 aliphatic rings. The number of hydrogen-bond acceptors (Lipinski definition) is 3. The van der Waals surface area contributed by atoms with Crippen molar-refractivity contribution in [1.29, 1.82) is 0 Å². The van der Waals surface area contributed by atoms with E-state index >= 15 is 0 Å². The minimum atomic E-state index is 0.0813. The first kappa shape index (κ1) is 14.0. The number of imidazole rings is 1. The molecule has 6 heteroatoms. The smallest absolute Gasteiger partial charge is 0.253 e. The molecule has 0 radical (unpaired) electrons. The van der Waals surface area contributed by atoms with Crippen LogP contribution in [0.3, 0.4) is 0 Å². The fourth-order valence-electron chi connectivity index (χ4n) is 3.18. The number of benzene rings is 1. The highest BCUT2D eigenvalue weighted by molar-refractivity contribution is 5.98. The lowest BCUT2D eigenvalue weighted by Crippen LogP contribution is -2.49. The van der Waals surface area contributed by atoms with Gasteiger partial charge in [-0.2, -0.15) is 0 Å². The second-order valence-electron chi connectivity index (χ2n) is 6.00. The van der Waals surface area contributed by atoms with Crippen LogP contribution in [-0.4, -0.2) is 57.3 Å². The number of carbonyl (C=O) groups excluding carboxylic acids is 1. The number of fused-ring (bicyclic) bond motifs is 1. The van der Waals surface area contributed by atoms with Crippen molar-refractivity contribution in [2.75, 3.05) is 26.7 Å². The van der Waals surface area contributed by atoms with E-state index in [0.717, 1.165) is 35.4 Å². The van der Waals surface area contributed by atoms with Gasteiger partial charge in [0, 0.05) is 54.7 Å². The lowest BCUT2D eigenvalue weighted by atomic mass is 10.1. The van der Waals surface area contributed by atoms with Crippen molar-refractivity contribution in [3.05, 3.63) is 54.2 Å². The Hall–Kier alpha value is -2.60. The lowest BCUT2D eigenvalue weighted by Gasteiger charge is -2.38. The summed E-state index contributed by atoms with van der Waals surface area (Å²) in [5, 5.41) is 1.06. The SMILES string of the molecule is CN1CCN(C(=O)c2ccc3[nH]ccc3c2)CC1c1ncc[nH]1. The molecular weight excluding hydrogens is 290 g/mol. The minimum Gasteiger partial charge on any atom is -0.361 e. The largest absolute Gasteiger partial charge is 0.361 e. The van der Waals surface area contributed by atoms with Crippen LogP contribution in [-0.2, 0) is 0 Å². The zero-order chi connectivity index (χ0) is 15.8. The quantitative estimate of drug-likeness (QED) is 0.761. The number of amides is 1. The van der Waals surface area contributed by atoms with E-state index in [-0.39, 0.29) is 11.9 Å². The van der Waals surface area contributed by atoms with Crippen LogP contribution in [0.25, 0.3) is 10.9 Å². The number of nitrogens with one attached hydrogen (secondary N) is 2. The van der Waals surface area contributed by atoms with Gasteiger partial charge >= 0.3 is 0 Å². The molecule has 118 valence electrons. The molecule has 1 saturated heterocycles. The molecule has 1 amide bonds. The maximum atomic E-state index is 12.9. The second kappa shape index (κ2) is 5.55. The Morgan fingerprint density at radius 1 is 1.22 bits per heavy atom. The van der Waals surface area contributed by atoms with E-state index < -0.39 is 0 Å². The maximum absolute atomic E-state index is 12.9. The molecule has 0 spiro atoms. The topological polar surface area (TPSA) is 68.0 Å². The standard InChI is InChI=1S/C17H19N5O/c1-21-8-9-22(11-15(21)16-19-6-7-20-16)17(23)13-2-3-14-12(10-13)4-5-18-14/h2-7,10,15,18H,8-9,11H2,1H3,(H,19,20). The van der Waals surface area contributed by atoms with Crippen molar-refractivity contribution in [3.8, 4) is 0 Å². The minimum absolute atomic E-state index is 0.0813. The Balaban J connectivity index is 1.58. The molecule has 0 aliphatic carbocycles. The van der Waals surface area contributed by atoms with E-state index in [1.165, 1.54) is 0 Å². The first-order valence-electron chi connectivity index (χ1n) is 7.78. The van der Waals surface area contributed by atoms with E-state index in [2.05, 4.69) is 26.9 Å². The third-order valence-electron chi connectivity index (χ3n) is 4.57. The zero-order valence-corrected chi connectivity index (χ0v) is 13.0. The van der Waals surface area contributed by atoms with Crippen molar-refractivity contribution in [2.24, 2.45) is 0 Å². The van der Waals surface area contributed by atoms with Gasteiger partial charge in [0.15, 0.2) is 0 Å². The summed E-state index contributed by atoms with van der Waals surface area (Å²) in [5.41, 5.74) is 1.79. The first-order chi connectivity index (χ1) is 11.2. The molecule has 1 aliphatic heterocycles. The van der Waals surface area contributed by atoms with Gasteiger partial charge in [0.2, 0.25) is 0 Å². The van der Waals surface area contributed by atoms with Gasteiger partial charge < -0.3 is 14.9 Å². The average molecular weight is 309 g/mol. The molecule has 6 nitrogen and oxygen atoms in total. The molecule has 0 bridgehead atoms. The molecule has 1 fully saturated rings. The Kier molecular flexibility index (Phi) is 3.38. The third-order valence-corrected chi connectivity index (χ3v) is 4.57. The molecule has 1 atom stereocenters. The van der Waals surface area contributed by atoms with Gasteiger partial charge in [0.05, 0.1) is 6.04 Å². The fourth-order valence-corrected chi connectivity index (χ4v) is 3.18. The summed E-state index contributed by atoms with van der Waals surface area (Å²) in [4.78, 5) is 27.7. The summed E-state index contributed by atoms with van der Waals surface area (Å²) in [5.74, 6) is 0.990. The van der Waals surface area contributed by atoms with E-state index in [1.807, 2.05) is 41.6 Å². The van der Waals surface area contributed by atoms with Crippen LogP contribution in [0.1, 0.15) is 22.2 Å². The number of piperazine rings is 1. The van der Waals surface area contributed by atoms with Crippen LogP contribution in [0, 0.1) is 0 Å². The van der Waals surface area contributed by atoms with Gasteiger partial charge in [-0.05, 0) is 31.3 Å². The number of aromatic nitrogens is 3. The van der Waals surface area contributed by atoms with Gasteiger partial charge in [0.1, 0.15) is 5.82 Å². The fraction of sp³-hybridized carbons (Fsp3) is 0.294. The molecule has 3 aromatic rings. The van der Waals surface area contributed by atoms with Crippen molar-refractivity contribution < 1.29 is 4.79 Å². The average Bonchev–Trinajstić information content (AvgIpc) is 3.25. The first-order valence-corrected chi connectivity index (χ1v) is 7.78. The summed E-state index contributed by atoms with van der Waals surface area (Å²) >= 11 is 0.